The van der Waals surface area contributed by atoms with E-state index in [1.54, 1.807) is 24.9 Å². The number of carbonyl (C=O) groups excluding carboxylic acids is 1. The summed E-state index contributed by atoms with van der Waals surface area (Å²) in [7, 11) is 1.73. The molecule has 1 aromatic heterocycles. The normalized spacial score (nSPS) is 17.7. The number of rotatable bonds is 3. The van der Waals surface area contributed by atoms with E-state index in [4.69, 9.17) is 0 Å². The van der Waals surface area contributed by atoms with Crippen molar-refractivity contribution in [2.75, 3.05) is 0 Å². The molecule has 0 aliphatic heterocycles. The third-order valence-corrected chi connectivity index (χ3v) is 3.48. The molecule has 0 unspecified atom stereocenters. The van der Waals surface area contributed by atoms with Gasteiger partial charge in [0.15, 0.2) is 0 Å². The smallest absolute Gasteiger partial charge is 0.329 e. The van der Waals surface area contributed by atoms with Crippen LogP contribution < -0.4 is 5.32 Å². The van der Waals surface area contributed by atoms with Gasteiger partial charge in [-0.3, -0.25) is 9.48 Å². The standard InChI is InChI=1S/C12H17N3O3/c1-8-9(7-15(2)14-8)10(16)13-12(11(17)18)5-3-4-6-12/h7H,3-6H2,1-2H3,(H,13,16)(H,17,18). The molecule has 0 bridgehead atoms. The molecule has 1 saturated carbocycles. The number of hydrogen-bond acceptors (Lipinski definition) is 3. The molecule has 0 spiro atoms. The molecule has 18 heavy (non-hydrogen) atoms. The van der Waals surface area contributed by atoms with Crippen LogP contribution in [0.25, 0.3) is 0 Å². The van der Waals surface area contributed by atoms with Crippen LogP contribution in [-0.4, -0.2) is 32.3 Å². The minimum absolute atomic E-state index is 0.357. The topological polar surface area (TPSA) is 84.2 Å². The number of amides is 1. The van der Waals surface area contributed by atoms with Crippen molar-refractivity contribution in [1.29, 1.82) is 0 Å². The molecule has 98 valence electrons. The number of nitrogens with zero attached hydrogens (tertiary/aromatic N) is 2. The lowest BCUT2D eigenvalue weighted by molar-refractivity contribution is -0.144. The van der Waals surface area contributed by atoms with E-state index in [2.05, 4.69) is 10.4 Å². The SMILES string of the molecule is Cc1nn(C)cc1C(=O)NC1(C(=O)O)CCCC1. The van der Waals surface area contributed by atoms with Crippen molar-refractivity contribution in [3.63, 3.8) is 0 Å². The summed E-state index contributed by atoms with van der Waals surface area (Å²) in [5, 5.41) is 16.1. The minimum Gasteiger partial charge on any atom is -0.480 e. The summed E-state index contributed by atoms with van der Waals surface area (Å²) >= 11 is 0. The molecule has 2 rings (SSSR count). The van der Waals surface area contributed by atoms with Crippen molar-refractivity contribution in [2.24, 2.45) is 7.05 Å². The molecule has 2 N–H and O–H groups in total. The number of carbonyl (C=O) groups is 2. The second kappa shape index (κ2) is 4.44. The Labute approximate surface area is 105 Å². The summed E-state index contributed by atoms with van der Waals surface area (Å²) in [6, 6.07) is 0. The van der Waals surface area contributed by atoms with Crippen LogP contribution in [0.3, 0.4) is 0 Å². The molecular formula is C12H17N3O3. The van der Waals surface area contributed by atoms with Gasteiger partial charge in [-0.2, -0.15) is 5.10 Å². The van der Waals surface area contributed by atoms with Gasteiger partial charge >= 0.3 is 5.97 Å². The van der Waals surface area contributed by atoms with Crippen molar-refractivity contribution in [3.8, 4) is 0 Å². The molecule has 0 saturated heterocycles. The van der Waals surface area contributed by atoms with E-state index < -0.39 is 11.5 Å². The maximum absolute atomic E-state index is 12.1. The number of aryl methyl sites for hydroxylation is 2. The first-order chi connectivity index (χ1) is 8.44. The van der Waals surface area contributed by atoms with Crippen molar-refractivity contribution in [1.82, 2.24) is 15.1 Å². The molecule has 1 aromatic rings. The average Bonchev–Trinajstić information content (AvgIpc) is 2.86. The monoisotopic (exact) mass is 251 g/mol. The average molecular weight is 251 g/mol. The van der Waals surface area contributed by atoms with E-state index >= 15 is 0 Å². The number of aromatic nitrogens is 2. The Hall–Kier alpha value is -1.85. The third-order valence-electron chi connectivity index (χ3n) is 3.48. The van der Waals surface area contributed by atoms with Crippen LogP contribution >= 0.6 is 0 Å². The van der Waals surface area contributed by atoms with E-state index in [1.165, 1.54) is 0 Å². The zero-order chi connectivity index (χ0) is 13.3. The van der Waals surface area contributed by atoms with Crippen molar-refractivity contribution >= 4 is 11.9 Å². The van der Waals surface area contributed by atoms with Crippen LogP contribution in [0.1, 0.15) is 41.7 Å². The summed E-state index contributed by atoms with van der Waals surface area (Å²) < 4.78 is 1.55. The highest BCUT2D eigenvalue weighted by Gasteiger charge is 2.43. The van der Waals surface area contributed by atoms with Crippen LogP contribution in [0.5, 0.6) is 0 Å². The molecular weight excluding hydrogens is 234 g/mol. The first kappa shape index (κ1) is 12.6. The Kier molecular flexibility index (Phi) is 3.11. The van der Waals surface area contributed by atoms with Gasteiger partial charge < -0.3 is 10.4 Å². The molecule has 0 aromatic carbocycles. The molecule has 1 aliphatic rings. The van der Waals surface area contributed by atoms with Gasteiger partial charge in [-0.05, 0) is 19.8 Å². The highest BCUT2D eigenvalue weighted by molar-refractivity contribution is 5.98. The summed E-state index contributed by atoms with van der Waals surface area (Å²) in [4.78, 5) is 23.5. The fraction of sp³-hybridized carbons (Fsp3) is 0.583. The van der Waals surface area contributed by atoms with E-state index in [-0.39, 0.29) is 5.91 Å². The van der Waals surface area contributed by atoms with Crippen molar-refractivity contribution in [3.05, 3.63) is 17.5 Å². The number of hydrogen-bond donors (Lipinski definition) is 2. The highest BCUT2D eigenvalue weighted by atomic mass is 16.4. The second-order valence-electron chi connectivity index (χ2n) is 4.85. The van der Waals surface area contributed by atoms with Gasteiger partial charge in [0.2, 0.25) is 0 Å². The van der Waals surface area contributed by atoms with Gasteiger partial charge in [0.1, 0.15) is 5.54 Å². The van der Waals surface area contributed by atoms with Gasteiger partial charge in [-0.1, -0.05) is 12.8 Å². The third kappa shape index (κ3) is 2.10. The Morgan fingerprint density at radius 2 is 2.06 bits per heavy atom. The molecule has 1 aliphatic carbocycles. The maximum Gasteiger partial charge on any atom is 0.329 e. The highest BCUT2D eigenvalue weighted by Crippen LogP contribution is 2.30. The molecule has 6 heteroatoms. The van der Waals surface area contributed by atoms with Crippen LogP contribution in [0, 0.1) is 6.92 Å². The number of carboxylic acid groups (broad SMARTS) is 1. The van der Waals surface area contributed by atoms with Crippen LogP contribution in [0.15, 0.2) is 6.20 Å². The van der Waals surface area contributed by atoms with Gasteiger partial charge in [-0.15, -0.1) is 0 Å². The predicted octanol–water partition coefficient (Wildman–Crippen LogP) is 0.856. The molecule has 1 fully saturated rings. The Balaban J connectivity index is 2.20. The van der Waals surface area contributed by atoms with Crippen LogP contribution in [-0.2, 0) is 11.8 Å². The second-order valence-corrected chi connectivity index (χ2v) is 4.85. The first-order valence-corrected chi connectivity index (χ1v) is 6.01. The summed E-state index contributed by atoms with van der Waals surface area (Å²) in [5.74, 6) is -1.31. The van der Waals surface area contributed by atoms with Crippen LogP contribution in [0.2, 0.25) is 0 Å². The van der Waals surface area contributed by atoms with Crippen molar-refractivity contribution < 1.29 is 14.7 Å². The lowest BCUT2D eigenvalue weighted by atomic mass is 9.97. The van der Waals surface area contributed by atoms with Gasteiger partial charge in [0, 0.05) is 13.2 Å². The summed E-state index contributed by atoms with van der Waals surface area (Å²) in [5.41, 5.74) is -0.0575. The molecule has 6 nitrogen and oxygen atoms in total. The largest absolute Gasteiger partial charge is 0.480 e. The first-order valence-electron chi connectivity index (χ1n) is 6.01. The number of nitrogens with one attached hydrogen (secondary N) is 1. The van der Waals surface area contributed by atoms with Gasteiger partial charge in [0.05, 0.1) is 11.3 Å². The molecule has 0 atom stereocenters. The van der Waals surface area contributed by atoms with E-state index in [0.29, 0.717) is 24.1 Å². The number of aliphatic carboxylic acids is 1. The maximum atomic E-state index is 12.1. The summed E-state index contributed by atoms with van der Waals surface area (Å²) in [6.45, 7) is 1.73. The molecule has 0 radical (unpaired) electrons. The van der Waals surface area contributed by atoms with Gasteiger partial charge in [-0.25, -0.2) is 4.79 Å². The van der Waals surface area contributed by atoms with Crippen molar-refractivity contribution in [2.45, 2.75) is 38.1 Å². The fourth-order valence-electron chi connectivity index (χ4n) is 2.48. The quantitative estimate of drug-likeness (QED) is 0.834. The zero-order valence-corrected chi connectivity index (χ0v) is 10.6. The minimum atomic E-state index is -1.10. The van der Waals surface area contributed by atoms with Crippen LogP contribution in [0.4, 0.5) is 0 Å². The fourth-order valence-corrected chi connectivity index (χ4v) is 2.48. The predicted molar refractivity (Wildman–Crippen MR) is 64.2 cm³/mol. The Bertz CT molecular complexity index is 487. The lowest BCUT2D eigenvalue weighted by Crippen LogP contribution is -2.52. The van der Waals surface area contributed by atoms with Gasteiger partial charge in [0.25, 0.3) is 5.91 Å². The Morgan fingerprint density at radius 1 is 1.44 bits per heavy atom. The van der Waals surface area contributed by atoms with E-state index in [0.717, 1.165) is 12.8 Å². The summed E-state index contributed by atoms with van der Waals surface area (Å²) in [6.07, 6.45) is 4.26. The molecule has 1 heterocycles. The Morgan fingerprint density at radius 3 is 2.50 bits per heavy atom. The lowest BCUT2D eigenvalue weighted by Gasteiger charge is -2.25. The van der Waals surface area contributed by atoms with E-state index in [9.17, 15) is 14.7 Å². The molecule has 1 amide bonds. The zero-order valence-electron chi connectivity index (χ0n) is 10.6. The number of carboxylic acids is 1. The van der Waals surface area contributed by atoms with E-state index in [1.807, 2.05) is 0 Å².